The van der Waals surface area contributed by atoms with E-state index >= 15 is 0 Å². The fraction of sp³-hybridized carbons (Fsp3) is 0.524. The highest BCUT2D eigenvalue weighted by Crippen LogP contribution is 2.39. The number of Topliss-reactive ketones (excluding diaryl/α,β-unsaturated/α-hetero) is 1. The predicted molar refractivity (Wildman–Crippen MR) is 104 cm³/mol. The third-order valence-corrected chi connectivity index (χ3v) is 4.82. The molecule has 5 nitrogen and oxygen atoms in total. The van der Waals surface area contributed by atoms with Crippen molar-refractivity contribution in [3.8, 4) is 0 Å². The normalized spacial score (nSPS) is 17.4. The molecule has 1 aromatic rings. The number of hydrogen-bond acceptors (Lipinski definition) is 4. The average molecular weight is 358 g/mol. The Kier molecular flexibility index (Phi) is 6.46. The summed E-state index contributed by atoms with van der Waals surface area (Å²) in [5.41, 5.74) is 2.13. The molecule has 1 aliphatic heterocycles. The number of aliphatic hydroxyl groups excluding tert-OH is 1. The Morgan fingerprint density at radius 3 is 2.31 bits per heavy atom. The highest BCUT2D eigenvalue weighted by Gasteiger charge is 2.43. The third kappa shape index (κ3) is 3.92. The number of carbonyl (C=O) groups excluding carboxylic acids is 2. The summed E-state index contributed by atoms with van der Waals surface area (Å²) < 4.78 is 0. The fourth-order valence-corrected chi connectivity index (χ4v) is 3.28. The summed E-state index contributed by atoms with van der Waals surface area (Å²) in [7, 11) is 3.93. The number of benzene rings is 1. The number of carbonyl (C=O) groups is 2. The molecule has 0 radical (unpaired) electrons. The molecule has 2 rings (SSSR count). The van der Waals surface area contributed by atoms with Crippen LogP contribution in [0.2, 0.25) is 0 Å². The van der Waals surface area contributed by atoms with Gasteiger partial charge in [-0.3, -0.25) is 9.59 Å². The molecule has 0 aromatic heterocycles. The van der Waals surface area contributed by atoms with Crippen LogP contribution in [0.25, 0.3) is 0 Å². The van der Waals surface area contributed by atoms with Gasteiger partial charge in [0.05, 0.1) is 11.6 Å². The Labute approximate surface area is 156 Å². The SMILES string of the molecule is CCCCCN1C(=O)C(O)=C(C(=O)C(C)C)C1c1ccc(N(C)C)cc1. The predicted octanol–water partition coefficient (Wildman–Crippen LogP) is 3.86. The third-order valence-electron chi connectivity index (χ3n) is 4.82. The van der Waals surface area contributed by atoms with Gasteiger partial charge < -0.3 is 14.9 Å². The minimum atomic E-state index is -0.509. The Bertz CT molecular complexity index is 690. The maximum absolute atomic E-state index is 12.7. The maximum Gasteiger partial charge on any atom is 0.290 e. The summed E-state index contributed by atoms with van der Waals surface area (Å²) in [6.45, 7) is 6.22. The molecule has 0 saturated heterocycles. The lowest BCUT2D eigenvalue weighted by atomic mass is 9.91. The van der Waals surface area contributed by atoms with Gasteiger partial charge in [0.1, 0.15) is 0 Å². The van der Waals surface area contributed by atoms with E-state index in [4.69, 9.17) is 0 Å². The van der Waals surface area contributed by atoms with E-state index < -0.39 is 11.9 Å². The van der Waals surface area contributed by atoms with Crippen LogP contribution < -0.4 is 4.90 Å². The second-order valence-corrected chi connectivity index (χ2v) is 7.38. The Morgan fingerprint density at radius 2 is 1.81 bits per heavy atom. The molecule has 142 valence electrons. The molecule has 0 aliphatic carbocycles. The number of anilines is 1. The first-order valence-electron chi connectivity index (χ1n) is 9.35. The quantitative estimate of drug-likeness (QED) is 0.717. The van der Waals surface area contributed by atoms with Gasteiger partial charge in [0, 0.05) is 32.2 Å². The van der Waals surface area contributed by atoms with Crippen molar-refractivity contribution < 1.29 is 14.7 Å². The monoisotopic (exact) mass is 358 g/mol. The summed E-state index contributed by atoms with van der Waals surface area (Å²) in [6, 6.07) is 7.30. The van der Waals surface area contributed by atoms with Gasteiger partial charge in [-0.25, -0.2) is 0 Å². The van der Waals surface area contributed by atoms with Gasteiger partial charge in [0.2, 0.25) is 0 Å². The average Bonchev–Trinajstić information content (AvgIpc) is 2.86. The standard InChI is InChI=1S/C21H30N2O3/c1-6-7-8-13-23-18(15-9-11-16(12-10-15)22(4)5)17(19(24)14(2)3)20(25)21(23)26/h9-12,14,18,25H,6-8,13H2,1-5H3. The van der Waals surface area contributed by atoms with Crippen molar-refractivity contribution in [2.45, 2.75) is 46.1 Å². The van der Waals surface area contributed by atoms with Crippen molar-refractivity contribution in [2.75, 3.05) is 25.5 Å². The molecule has 1 aliphatic rings. The second-order valence-electron chi connectivity index (χ2n) is 7.38. The molecule has 1 atom stereocenters. The van der Waals surface area contributed by atoms with Crippen LogP contribution in [0.15, 0.2) is 35.6 Å². The molecule has 5 heteroatoms. The first-order chi connectivity index (χ1) is 12.3. The molecule has 26 heavy (non-hydrogen) atoms. The van der Waals surface area contributed by atoms with Crippen LogP contribution in [-0.2, 0) is 9.59 Å². The first kappa shape index (κ1) is 20.0. The molecule has 1 N–H and O–H groups in total. The molecular weight excluding hydrogens is 328 g/mol. The van der Waals surface area contributed by atoms with Crippen LogP contribution in [0.1, 0.15) is 51.6 Å². The zero-order chi connectivity index (χ0) is 19.4. The van der Waals surface area contributed by atoms with Gasteiger partial charge >= 0.3 is 0 Å². The van der Waals surface area contributed by atoms with Crippen molar-refractivity contribution in [1.82, 2.24) is 4.90 Å². The van der Waals surface area contributed by atoms with Gasteiger partial charge in [-0.2, -0.15) is 0 Å². The lowest BCUT2D eigenvalue weighted by Gasteiger charge is -2.27. The van der Waals surface area contributed by atoms with Crippen molar-refractivity contribution in [1.29, 1.82) is 0 Å². The molecule has 0 bridgehead atoms. The van der Waals surface area contributed by atoms with Crippen molar-refractivity contribution in [3.05, 3.63) is 41.2 Å². The number of ketones is 1. The largest absolute Gasteiger partial charge is 0.503 e. The van der Waals surface area contributed by atoms with Gasteiger partial charge in [0.25, 0.3) is 5.91 Å². The Balaban J connectivity index is 2.44. The lowest BCUT2D eigenvalue weighted by Crippen LogP contribution is -2.32. The van der Waals surface area contributed by atoms with Crippen LogP contribution in [-0.4, -0.2) is 42.3 Å². The van der Waals surface area contributed by atoms with Gasteiger partial charge in [-0.05, 0) is 24.1 Å². The fourth-order valence-electron chi connectivity index (χ4n) is 3.28. The second kappa shape index (κ2) is 8.39. The van der Waals surface area contributed by atoms with Gasteiger partial charge in [0.15, 0.2) is 11.5 Å². The van der Waals surface area contributed by atoms with E-state index in [9.17, 15) is 14.7 Å². The number of amides is 1. The van der Waals surface area contributed by atoms with Crippen molar-refractivity contribution in [3.63, 3.8) is 0 Å². The van der Waals surface area contributed by atoms with E-state index in [1.54, 1.807) is 18.7 Å². The summed E-state index contributed by atoms with van der Waals surface area (Å²) in [4.78, 5) is 29.0. The maximum atomic E-state index is 12.7. The minimum Gasteiger partial charge on any atom is -0.503 e. The van der Waals surface area contributed by atoms with E-state index in [0.717, 1.165) is 30.5 Å². The van der Waals surface area contributed by atoms with Crippen molar-refractivity contribution >= 4 is 17.4 Å². The van der Waals surface area contributed by atoms with Crippen LogP contribution in [0.5, 0.6) is 0 Å². The first-order valence-corrected chi connectivity index (χ1v) is 9.35. The number of aliphatic hydroxyl groups is 1. The van der Waals surface area contributed by atoms with Crippen LogP contribution >= 0.6 is 0 Å². The lowest BCUT2D eigenvalue weighted by molar-refractivity contribution is -0.129. The topological polar surface area (TPSA) is 60.9 Å². The molecule has 0 fully saturated rings. The van der Waals surface area contributed by atoms with E-state index in [2.05, 4.69) is 6.92 Å². The van der Waals surface area contributed by atoms with Gasteiger partial charge in [-0.15, -0.1) is 0 Å². The molecule has 0 saturated carbocycles. The Morgan fingerprint density at radius 1 is 1.19 bits per heavy atom. The van der Waals surface area contributed by atoms with E-state index in [0.29, 0.717) is 6.54 Å². The van der Waals surface area contributed by atoms with Gasteiger partial charge in [-0.1, -0.05) is 45.7 Å². The zero-order valence-electron chi connectivity index (χ0n) is 16.5. The number of hydrogen-bond donors (Lipinski definition) is 1. The number of rotatable bonds is 8. The molecule has 1 amide bonds. The van der Waals surface area contributed by atoms with Crippen molar-refractivity contribution in [2.24, 2.45) is 5.92 Å². The number of nitrogens with zero attached hydrogens (tertiary/aromatic N) is 2. The molecule has 1 aromatic carbocycles. The highest BCUT2D eigenvalue weighted by molar-refractivity contribution is 6.09. The molecule has 0 spiro atoms. The smallest absolute Gasteiger partial charge is 0.290 e. The van der Waals surface area contributed by atoms with Crippen LogP contribution in [0.3, 0.4) is 0 Å². The highest BCUT2D eigenvalue weighted by atomic mass is 16.3. The minimum absolute atomic E-state index is 0.171. The van der Waals surface area contributed by atoms with E-state index in [1.807, 2.05) is 43.3 Å². The summed E-state index contributed by atoms with van der Waals surface area (Å²) in [5, 5.41) is 10.4. The van der Waals surface area contributed by atoms with Crippen LogP contribution in [0, 0.1) is 5.92 Å². The molecular formula is C21H30N2O3. The Hall–Kier alpha value is -2.30. The molecule has 1 unspecified atom stereocenters. The zero-order valence-corrected chi connectivity index (χ0v) is 16.5. The summed E-state index contributed by atoms with van der Waals surface area (Å²) in [5.74, 6) is -1.27. The summed E-state index contributed by atoms with van der Waals surface area (Å²) >= 11 is 0. The van der Waals surface area contributed by atoms with Crippen LogP contribution in [0.4, 0.5) is 5.69 Å². The number of unbranched alkanes of at least 4 members (excludes halogenated alkanes) is 2. The summed E-state index contributed by atoms with van der Waals surface area (Å²) in [6.07, 6.45) is 2.90. The van der Waals surface area contributed by atoms with E-state index in [-0.39, 0.29) is 23.0 Å². The van der Waals surface area contributed by atoms with E-state index in [1.165, 1.54) is 0 Å². The molecule has 1 heterocycles.